The lowest BCUT2D eigenvalue weighted by Gasteiger charge is -2.23. The molecule has 0 bridgehead atoms. The molecule has 2 aliphatic heterocycles. The molecule has 2 amide bonds. The van der Waals surface area contributed by atoms with Gasteiger partial charge in [-0.1, -0.05) is 53.7 Å². The van der Waals surface area contributed by atoms with Crippen molar-refractivity contribution in [1.29, 1.82) is 0 Å². The first kappa shape index (κ1) is 26.4. The lowest BCUT2D eigenvalue weighted by atomic mass is 9.98. The number of amidine groups is 1. The first-order valence-corrected chi connectivity index (χ1v) is 13.2. The molecule has 0 radical (unpaired) electrons. The van der Waals surface area contributed by atoms with Gasteiger partial charge in [0.1, 0.15) is 22.6 Å². The standard InChI is InChI=1S/C29H27FN4O4S/c1-17-4-6-18(7-5-17)24-15-25(19-8-10-20(30)11-9-19)34(33-24)29-32-28(36)26(39-29)16-27(35)31-21-12-22(37-2)14-23(13-21)38-3/h4-14,25-26H,15-16H2,1-3H3,(H,31,35)/t25-,26+/m0/s1. The molecule has 0 aliphatic carbocycles. The van der Waals surface area contributed by atoms with Gasteiger partial charge in [0.15, 0.2) is 5.17 Å². The van der Waals surface area contributed by atoms with Crippen molar-refractivity contribution in [3.8, 4) is 11.5 Å². The van der Waals surface area contributed by atoms with Gasteiger partial charge in [0.05, 0.1) is 26.0 Å². The van der Waals surface area contributed by atoms with E-state index in [1.807, 2.05) is 31.2 Å². The Hall–Kier alpha value is -4.18. The van der Waals surface area contributed by atoms with Crippen molar-refractivity contribution in [1.82, 2.24) is 5.01 Å². The molecule has 5 rings (SSSR count). The summed E-state index contributed by atoms with van der Waals surface area (Å²) >= 11 is 1.21. The summed E-state index contributed by atoms with van der Waals surface area (Å²) in [5.41, 5.74) is 4.30. The van der Waals surface area contributed by atoms with E-state index < -0.39 is 11.2 Å². The number of thioether (sulfide) groups is 1. The summed E-state index contributed by atoms with van der Waals surface area (Å²) in [6.45, 7) is 2.02. The number of halogens is 1. The minimum Gasteiger partial charge on any atom is -0.497 e. The molecule has 10 heteroatoms. The van der Waals surface area contributed by atoms with E-state index in [9.17, 15) is 14.0 Å². The van der Waals surface area contributed by atoms with Crippen LogP contribution in [0.4, 0.5) is 10.1 Å². The molecule has 2 heterocycles. The number of carbonyl (C=O) groups is 2. The number of hydrogen-bond donors (Lipinski definition) is 1. The van der Waals surface area contributed by atoms with Gasteiger partial charge >= 0.3 is 0 Å². The van der Waals surface area contributed by atoms with Crippen molar-refractivity contribution in [3.05, 3.63) is 89.2 Å². The predicted octanol–water partition coefficient (Wildman–Crippen LogP) is 5.33. The van der Waals surface area contributed by atoms with Crippen LogP contribution >= 0.6 is 11.8 Å². The molecule has 0 saturated heterocycles. The molecule has 0 spiro atoms. The smallest absolute Gasteiger partial charge is 0.262 e. The molecule has 3 aromatic carbocycles. The molecule has 39 heavy (non-hydrogen) atoms. The Bertz CT molecular complexity index is 1430. The second-order valence-electron chi connectivity index (χ2n) is 9.22. The zero-order valence-electron chi connectivity index (χ0n) is 21.7. The second-order valence-corrected chi connectivity index (χ2v) is 10.4. The minimum absolute atomic E-state index is 0.0698. The number of carbonyl (C=O) groups excluding carboxylic acids is 2. The third kappa shape index (κ3) is 5.96. The van der Waals surface area contributed by atoms with Gasteiger partial charge in [-0.15, -0.1) is 0 Å². The number of amides is 2. The van der Waals surface area contributed by atoms with Crippen molar-refractivity contribution < 1.29 is 23.5 Å². The van der Waals surface area contributed by atoms with Crippen LogP contribution in [-0.4, -0.2) is 47.2 Å². The summed E-state index contributed by atoms with van der Waals surface area (Å²) in [4.78, 5) is 30.0. The maximum atomic E-state index is 13.6. The third-order valence-corrected chi connectivity index (χ3v) is 7.62. The number of nitrogens with one attached hydrogen (secondary N) is 1. The average Bonchev–Trinajstić information content (AvgIpc) is 3.53. The van der Waals surface area contributed by atoms with E-state index in [2.05, 4.69) is 10.3 Å². The molecule has 8 nitrogen and oxygen atoms in total. The van der Waals surface area contributed by atoms with Crippen molar-refractivity contribution in [3.63, 3.8) is 0 Å². The molecule has 0 unspecified atom stereocenters. The number of methoxy groups -OCH3 is 2. The number of ether oxygens (including phenoxy) is 2. The Balaban J connectivity index is 1.33. The third-order valence-electron chi connectivity index (χ3n) is 6.48. The van der Waals surface area contributed by atoms with Crippen LogP contribution in [0, 0.1) is 12.7 Å². The van der Waals surface area contributed by atoms with Crippen LogP contribution in [0.2, 0.25) is 0 Å². The highest BCUT2D eigenvalue weighted by Crippen LogP contribution is 2.39. The Kier molecular flexibility index (Phi) is 7.65. The number of aliphatic imine (C=N–C) groups is 1. The van der Waals surface area contributed by atoms with Gasteiger partial charge in [-0.2, -0.15) is 10.1 Å². The zero-order chi connectivity index (χ0) is 27.5. The number of nitrogens with zero attached hydrogens (tertiary/aromatic N) is 3. The summed E-state index contributed by atoms with van der Waals surface area (Å²) in [5.74, 6) is -0.00182. The monoisotopic (exact) mass is 546 g/mol. The van der Waals surface area contributed by atoms with E-state index in [-0.39, 0.29) is 24.2 Å². The number of anilines is 1. The van der Waals surface area contributed by atoms with Crippen LogP contribution in [0.5, 0.6) is 11.5 Å². The van der Waals surface area contributed by atoms with Gasteiger partial charge in [-0.3, -0.25) is 9.59 Å². The first-order chi connectivity index (χ1) is 18.8. The van der Waals surface area contributed by atoms with Crippen molar-refractivity contribution in [2.24, 2.45) is 10.1 Å². The topological polar surface area (TPSA) is 92.6 Å². The molecule has 200 valence electrons. The quantitative estimate of drug-likeness (QED) is 0.431. The van der Waals surface area contributed by atoms with Gasteiger partial charge in [0, 0.05) is 36.7 Å². The van der Waals surface area contributed by atoms with Gasteiger partial charge in [0.25, 0.3) is 5.91 Å². The highest BCUT2D eigenvalue weighted by atomic mass is 32.2. The molecule has 0 saturated carbocycles. The van der Waals surface area contributed by atoms with Crippen molar-refractivity contribution in [2.45, 2.75) is 31.1 Å². The number of aryl methyl sites for hydroxylation is 1. The van der Waals surface area contributed by atoms with Gasteiger partial charge in [-0.25, -0.2) is 9.40 Å². The van der Waals surface area contributed by atoms with E-state index in [4.69, 9.17) is 14.6 Å². The van der Waals surface area contributed by atoms with Crippen LogP contribution in [-0.2, 0) is 9.59 Å². The predicted molar refractivity (Wildman–Crippen MR) is 150 cm³/mol. The van der Waals surface area contributed by atoms with Crippen LogP contribution in [0.15, 0.2) is 76.8 Å². The number of benzene rings is 3. The maximum Gasteiger partial charge on any atom is 0.262 e. The lowest BCUT2D eigenvalue weighted by molar-refractivity contribution is -0.121. The SMILES string of the molecule is COc1cc(NC(=O)C[C@H]2SC(N3N=C(c4ccc(C)cc4)C[C@H]3c3ccc(F)cc3)=NC2=O)cc(OC)c1. The fourth-order valence-electron chi connectivity index (χ4n) is 4.42. The Morgan fingerprint density at radius 3 is 2.36 bits per heavy atom. The Morgan fingerprint density at radius 2 is 1.72 bits per heavy atom. The molecular formula is C29H27FN4O4S. The van der Waals surface area contributed by atoms with Crippen LogP contribution in [0.3, 0.4) is 0 Å². The summed E-state index contributed by atoms with van der Waals surface area (Å²) in [5, 5.41) is 9.07. The molecule has 2 aliphatic rings. The highest BCUT2D eigenvalue weighted by Gasteiger charge is 2.39. The van der Waals surface area contributed by atoms with Crippen LogP contribution < -0.4 is 14.8 Å². The van der Waals surface area contributed by atoms with E-state index in [0.717, 1.165) is 22.4 Å². The Labute approximate surface area is 229 Å². The maximum absolute atomic E-state index is 13.6. The molecule has 1 N–H and O–H groups in total. The lowest BCUT2D eigenvalue weighted by Crippen LogP contribution is -2.25. The van der Waals surface area contributed by atoms with Crippen molar-refractivity contribution in [2.75, 3.05) is 19.5 Å². The summed E-state index contributed by atoms with van der Waals surface area (Å²) < 4.78 is 24.2. The van der Waals surface area contributed by atoms with E-state index >= 15 is 0 Å². The fourth-order valence-corrected chi connectivity index (χ4v) is 5.48. The van der Waals surface area contributed by atoms with Gasteiger partial charge in [-0.05, 0) is 30.2 Å². The normalized spacial score (nSPS) is 18.6. The minimum atomic E-state index is -0.694. The summed E-state index contributed by atoms with van der Waals surface area (Å²) in [6, 6.07) is 19.1. The fraction of sp³-hybridized carbons (Fsp3) is 0.241. The second kappa shape index (κ2) is 11.3. The van der Waals surface area contributed by atoms with E-state index in [1.54, 1.807) is 35.3 Å². The molecular weight excluding hydrogens is 519 g/mol. The molecule has 2 atom stereocenters. The Morgan fingerprint density at radius 1 is 1.05 bits per heavy atom. The number of hydrazone groups is 1. The largest absolute Gasteiger partial charge is 0.497 e. The first-order valence-electron chi connectivity index (χ1n) is 12.3. The molecule has 3 aromatic rings. The van der Waals surface area contributed by atoms with Crippen LogP contribution in [0.1, 0.15) is 35.6 Å². The van der Waals surface area contributed by atoms with E-state index in [0.29, 0.717) is 28.8 Å². The zero-order valence-corrected chi connectivity index (χ0v) is 22.5. The number of hydrogen-bond acceptors (Lipinski definition) is 7. The van der Waals surface area contributed by atoms with Crippen LogP contribution in [0.25, 0.3) is 0 Å². The van der Waals surface area contributed by atoms with Gasteiger partial charge in [0.2, 0.25) is 5.91 Å². The average molecular weight is 547 g/mol. The van der Waals surface area contributed by atoms with E-state index in [1.165, 1.54) is 38.1 Å². The van der Waals surface area contributed by atoms with Gasteiger partial charge < -0.3 is 14.8 Å². The summed E-state index contributed by atoms with van der Waals surface area (Å²) in [6.07, 6.45) is 0.491. The summed E-state index contributed by atoms with van der Waals surface area (Å²) in [7, 11) is 3.05. The highest BCUT2D eigenvalue weighted by molar-refractivity contribution is 8.15. The molecule has 0 fully saturated rings. The molecule has 0 aromatic heterocycles. The number of rotatable bonds is 7. The van der Waals surface area contributed by atoms with Crippen molar-refractivity contribution >= 4 is 40.1 Å².